The molecule has 1 aromatic rings. The molecule has 0 aromatic carbocycles. The van der Waals surface area contributed by atoms with Crippen LogP contribution in [-0.4, -0.2) is 15.8 Å². The summed E-state index contributed by atoms with van der Waals surface area (Å²) in [6.07, 6.45) is 3.50. The van der Waals surface area contributed by atoms with Crippen molar-refractivity contribution in [1.29, 1.82) is 0 Å². The highest BCUT2D eigenvalue weighted by Crippen LogP contribution is 2.14. The molecule has 0 aliphatic carbocycles. The molecule has 0 spiro atoms. The van der Waals surface area contributed by atoms with Gasteiger partial charge in [-0.3, -0.25) is 4.68 Å². The summed E-state index contributed by atoms with van der Waals surface area (Å²) in [5.41, 5.74) is 6.67. The Labute approximate surface area is 77.5 Å². The molecule has 3 nitrogen and oxygen atoms in total. The molecule has 0 radical (unpaired) electrons. The lowest BCUT2D eigenvalue weighted by molar-refractivity contribution is 0.624. The second kappa shape index (κ2) is 3.92. The van der Waals surface area contributed by atoms with Crippen LogP contribution in [0.5, 0.6) is 0 Å². The molecular formula is C8H14ClN3. The molecule has 1 aromatic heterocycles. The SMILES string of the molecule is CCC(N)Cc1nn(C)cc1Cl. The molecular weight excluding hydrogens is 174 g/mol. The van der Waals surface area contributed by atoms with Crippen LogP contribution in [0.1, 0.15) is 19.0 Å². The van der Waals surface area contributed by atoms with Gasteiger partial charge in [0.15, 0.2) is 0 Å². The lowest BCUT2D eigenvalue weighted by Crippen LogP contribution is -2.21. The lowest BCUT2D eigenvalue weighted by atomic mass is 10.1. The average molecular weight is 188 g/mol. The number of hydrogen-bond acceptors (Lipinski definition) is 2. The van der Waals surface area contributed by atoms with Crippen molar-refractivity contribution in [1.82, 2.24) is 9.78 Å². The Morgan fingerprint density at radius 1 is 1.75 bits per heavy atom. The summed E-state index contributed by atoms with van der Waals surface area (Å²) in [4.78, 5) is 0. The molecule has 0 bridgehead atoms. The minimum Gasteiger partial charge on any atom is -0.327 e. The molecule has 12 heavy (non-hydrogen) atoms. The van der Waals surface area contributed by atoms with Crippen molar-refractivity contribution in [3.63, 3.8) is 0 Å². The van der Waals surface area contributed by atoms with E-state index in [2.05, 4.69) is 12.0 Å². The van der Waals surface area contributed by atoms with Gasteiger partial charge >= 0.3 is 0 Å². The fraction of sp³-hybridized carbons (Fsp3) is 0.625. The Morgan fingerprint density at radius 3 is 2.83 bits per heavy atom. The van der Waals surface area contributed by atoms with Crippen LogP contribution in [-0.2, 0) is 13.5 Å². The highest BCUT2D eigenvalue weighted by Gasteiger charge is 2.08. The van der Waals surface area contributed by atoms with E-state index in [4.69, 9.17) is 17.3 Å². The van der Waals surface area contributed by atoms with Crippen molar-refractivity contribution in [2.75, 3.05) is 0 Å². The van der Waals surface area contributed by atoms with Crippen molar-refractivity contribution in [2.24, 2.45) is 12.8 Å². The van der Waals surface area contributed by atoms with Gasteiger partial charge in [-0.1, -0.05) is 18.5 Å². The lowest BCUT2D eigenvalue weighted by Gasteiger charge is -2.05. The van der Waals surface area contributed by atoms with Gasteiger partial charge in [0.05, 0.1) is 10.7 Å². The fourth-order valence-electron chi connectivity index (χ4n) is 1.04. The fourth-order valence-corrected chi connectivity index (χ4v) is 1.29. The predicted octanol–water partition coefficient (Wildman–Crippen LogP) is 1.35. The molecule has 1 unspecified atom stereocenters. The molecule has 0 amide bonds. The molecule has 0 saturated heterocycles. The maximum absolute atomic E-state index is 5.91. The molecule has 0 aliphatic rings. The van der Waals surface area contributed by atoms with Gasteiger partial charge in [0.1, 0.15) is 0 Å². The third-order valence-corrected chi connectivity index (χ3v) is 2.15. The van der Waals surface area contributed by atoms with Crippen LogP contribution in [0.4, 0.5) is 0 Å². The first-order valence-corrected chi connectivity index (χ1v) is 4.45. The number of halogens is 1. The Kier molecular flexibility index (Phi) is 3.12. The highest BCUT2D eigenvalue weighted by atomic mass is 35.5. The van der Waals surface area contributed by atoms with Gasteiger partial charge in [-0.2, -0.15) is 5.10 Å². The van der Waals surface area contributed by atoms with Crippen LogP contribution in [0, 0.1) is 0 Å². The van der Waals surface area contributed by atoms with Crippen molar-refractivity contribution in [2.45, 2.75) is 25.8 Å². The van der Waals surface area contributed by atoms with Gasteiger partial charge in [-0.05, 0) is 6.42 Å². The molecule has 0 aliphatic heterocycles. The normalized spacial score (nSPS) is 13.3. The zero-order valence-electron chi connectivity index (χ0n) is 7.42. The van der Waals surface area contributed by atoms with E-state index in [9.17, 15) is 0 Å². The zero-order chi connectivity index (χ0) is 9.14. The van der Waals surface area contributed by atoms with Gasteiger partial charge < -0.3 is 5.73 Å². The summed E-state index contributed by atoms with van der Waals surface area (Å²) < 4.78 is 1.71. The standard InChI is InChI=1S/C8H14ClN3/c1-3-6(10)4-8-7(9)5-12(2)11-8/h5-6H,3-4,10H2,1-2H3. The maximum atomic E-state index is 5.91. The predicted molar refractivity (Wildman–Crippen MR) is 50.2 cm³/mol. The Balaban J connectivity index is 2.68. The minimum atomic E-state index is 0.164. The van der Waals surface area contributed by atoms with E-state index >= 15 is 0 Å². The van der Waals surface area contributed by atoms with Crippen LogP contribution in [0.15, 0.2) is 6.20 Å². The quantitative estimate of drug-likeness (QED) is 0.777. The van der Waals surface area contributed by atoms with Crippen LogP contribution >= 0.6 is 11.6 Å². The van der Waals surface area contributed by atoms with Gasteiger partial charge in [0.25, 0.3) is 0 Å². The van der Waals surface area contributed by atoms with Crippen molar-refractivity contribution in [3.8, 4) is 0 Å². The summed E-state index contributed by atoms with van der Waals surface area (Å²) in [7, 11) is 1.85. The number of aromatic nitrogens is 2. The summed E-state index contributed by atoms with van der Waals surface area (Å²) in [6, 6.07) is 0.164. The number of nitrogens with two attached hydrogens (primary N) is 1. The molecule has 4 heteroatoms. The van der Waals surface area contributed by atoms with Crippen LogP contribution in [0.3, 0.4) is 0 Å². The smallest absolute Gasteiger partial charge is 0.0826 e. The largest absolute Gasteiger partial charge is 0.327 e. The first kappa shape index (κ1) is 9.55. The first-order chi connectivity index (χ1) is 5.63. The molecule has 0 saturated carbocycles. The third-order valence-electron chi connectivity index (χ3n) is 1.83. The van der Waals surface area contributed by atoms with Gasteiger partial charge in [-0.25, -0.2) is 0 Å². The Morgan fingerprint density at radius 2 is 2.42 bits per heavy atom. The number of aryl methyl sites for hydroxylation is 1. The summed E-state index contributed by atoms with van der Waals surface area (Å²) in [5.74, 6) is 0. The topological polar surface area (TPSA) is 43.8 Å². The molecule has 68 valence electrons. The van der Waals surface area contributed by atoms with Gasteiger partial charge in [0.2, 0.25) is 0 Å². The monoisotopic (exact) mass is 187 g/mol. The van der Waals surface area contributed by atoms with Crippen molar-refractivity contribution < 1.29 is 0 Å². The van der Waals surface area contributed by atoms with Crippen LogP contribution in [0.2, 0.25) is 5.02 Å². The molecule has 1 atom stereocenters. The highest BCUT2D eigenvalue weighted by molar-refractivity contribution is 6.31. The molecule has 1 heterocycles. The average Bonchev–Trinajstić information content (AvgIpc) is 2.30. The summed E-state index contributed by atoms with van der Waals surface area (Å²) >= 11 is 5.91. The van der Waals surface area contributed by atoms with E-state index in [1.165, 1.54) is 0 Å². The van der Waals surface area contributed by atoms with E-state index in [1.807, 2.05) is 7.05 Å². The second-order valence-corrected chi connectivity index (χ2v) is 3.38. The Bertz CT molecular complexity index is 257. The van der Waals surface area contributed by atoms with Crippen LogP contribution < -0.4 is 5.73 Å². The number of hydrogen-bond donors (Lipinski definition) is 1. The maximum Gasteiger partial charge on any atom is 0.0826 e. The van der Waals surface area contributed by atoms with E-state index < -0.39 is 0 Å². The molecule has 2 N–H and O–H groups in total. The summed E-state index contributed by atoms with van der Waals surface area (Å²) in [5, 5.41) is 4.91. The summed E-state index contributed by atoms with van der Waals surface area (Å²) in [6.45, 7) is 2.06. The third kappa shape index (κ3) is 2.22. The Hall–Kier alpha value is -0.540. The number of rotatable bonds is 3. The van der Waals surface area contributed by atoms with Crippen LogP contribution in [0.25, 0.3) is 0 Å². The number of nitrogens with zero attached hydrogens (tertiary/aromatic N) is 2. The van der Waals surface area contributed by atoms with Gasteiger partial charge in [0, 0.05) is 25.7 Å². The minimum absolute atomic E-state index is 0.164. The second-order valence-electron chi connectivity index (χ2n) is 2.97. The van der Waals surface area contributed by atoms with Crippen molar-refractivity contribution >= 4 is 11.6 Å². The van der Waals surface area contributed by atoms with E-state index in [0.29, 0.717) is 5.02 Å². The van der Waals surface area contributed by atoms with E-state index in [1.54, 1.807) is 10.9 Å². The molecule has 0 fully saturated rings. The van der Waals surface area contributed by atoms with Crippen molar-refractivity contribution in [3.05, 3.63) is 16.9 Å². The van der Waals surface area contributed by atoms with E-state index in [0.717, 1.165) is 18.5 Å². The molecule has 1 rings (SSSR count). The first-order valence-electron chi connectivity index (χ1n) is 4.07. The van der Waals surface area contributed by atoms with E-state index in [-0.39, 0.29) is 6.04 Å². The zero-order valence-corrected chi connectivity index (χ0v) is 8.17. The van der Waals surface area contributed by atoms with Gasteiger partial charge in [-0.15, -0.1) is 0 Å².